The predicted molar refractivity (Wildman–Crippen MR) is 81.0 cm³/mol. The molecule has 2 saturated heterocycles. The van der Waals surface area contributed by atoms with Crippen LogP contribution >= 0.6 is 0 Å². The van der Waals surface area contributed by atoms with Crippen molar-refractivity contribution in [2.24, 2.45) is 5.92 Å². The lowest BCUT2D eigenvalue weighted by Gasteiger charge is -2.29. The highest BCUT2D eigenvalue weighted by Gasteiger charge is 2.34. The van der Waals surface area contributed by atoms with Gasteiger partial charge < -0.3 is 5.32 Å². The summed E-state index contributed by atoms with van der Waals surface area (Å²) in [6.07, 6.45) is 4.21. The minimum atomic E-state index is -3.86. The van der Waals surface area contributed by atoms with Gasteiger partial charge in [-0.1, -0.05) is 12.1 Å². The van der Waals surface area contributed by atoms with Crippen LogP contribution in [0.1, 0.15) is 25.7 Å². The number of hydrogen-bond acceptors (Lipinski definition) is 5. The molecule has 0 aromatic heterocycles. The Morgan fingerprint density at radius 3 is 2.50 bits per heavy atom. The average molecular weight is 325 g/mol. The molecule has 2 aliphatic heterocycles. The summed E-state index contributed by atoms with van der Waals surface area (Å²) >= 11 is 0. The number of fused-ring (bicyclic) bond motifs is 2. The monoisotopic (exact) mass is 325 g/mol. The summed E-state index contributed by atoms with van der Waals surface area (Å²) in [6, 6.07) is 6.40. The Balaban J connectivity index is 1.70. The summed E-state index contributed by atoms with van der Waals surface area (Å²) in [5, 5.41) is 14.5. The third-order valence-electron chi connectivity index (χ3n) is 4.48. The lowest BCUT2D eigenvalue weighted by atomic mass is 9.93. The number of rotatable bonds is 5. The lowest BCUT2D eigenvalue weighted by molar-refractivity contribution is -0.387. The van der Waals surface area contributed by atoms with Gasteiger partial charge in [0.15, 0.2) is 4.90 Å². The molecule has 7 nitrogen and oxygen atoms in total. The van der Waals surface area contributed by atoms with Crippen LogP contribution in [0.25, 0.3) is 0 Å². The molecule has 2 unspecified atom stereocenters. The van der Waals surface area contributed by atoms with Crippen LogP contribution in [-0.2, 0) is 10.0 Å². The van der Waals surface area contributed by atoms with Gasteiger partial charge in [-0.15, -0.1) is 0 Å². The maximum Gasteiger partial charge on any atom is 0.289 e. The highest BCUT2D eigenvalue weighted by molar-refractivity contribution is 7.89. The molecular weight excluding hydrogens is 306 g/mol. The molecule has 1 aromatic carbocycles. The van der Waals surface area contributed by atoms with Crippen LogP contribution in [0.2, 0.25) is 0 Å². The van der Waals surface area contributed by atoms with Gasteiger partial charge in [-0.05, 0) is 37.7 Å². The molecule has 120 valence electrons. The minimum Gasteiger partial charge on any atom is -0.311 e. The molecule has 2 bridgehead atoms. The van der Waals surface area contributed by atoms with Crippen molar-refractivity contribution in [3.8, 4) is 0 Å². The Hall–Kier alpha value is -1.51. The van der Waals surface area contributed by atoms with Crippen molar-refractivity contribution in [1.82, 2.24) is 10.0 Å². The van der Waals surface area contributed by atoms with Crippen molar-refractivity contribution in [1.29, 1.82) is 0 Å². The molecule has 2 N–H and O–H groups in total. The molecule has 1 aromatic rings. The van der Waals surface area contributed by atoms with E-state index in [4.69, 9.17) is 0 Å². The van der Waals surface area contributed by atoms with Crippen LogP contribution in [0, 0.1) is 16.0 Å². The van der Waals surface area contributed by atoms with Crippen molar-refractivity contribution >= 4 is 15.7 Å². The molecule has 0 saturated carbocycles. The fraction of sp³-hybridized carbons (Fsp3) is 0.571. The van der Waals surface area contributed by atoms with Crippen molar-refractivity contribution in [3.63, 3.8) is 0 Å². The molecule has 2 aliphatic rings. The second-order valence-electron chi connectivity index (χ2n) is 6.05. The quantitative estimate of drug-likeness (QED) is 0.629. The first-order chi connectivity index (χ1) is 10.5. The first kappa shape index (κ1) is 15.4. The Kier molecular flexibility index (Phi) is 4.16. The van der Waals surface area contributed by atoms with E-state index in [1.807, 2.05) is 0 Å². The van der Waals surface area contributed by atoms with E-state index in [1.165, 1.54) is 24.3 Å². The van der Waals surface area contributed by atoms with Gasteiger partial charge in [-0.2, -0.15) is 0 Å². The maximum atomic E-state index is 12.3. The molecule has 0 aliphatic carbocycles. The number of nitro benzene ring substituents is 1. The summed E-state index contributed by atoms with van der Waals surface area (Å²) in [6.45, 7) is 0.336. The van der Waals surface area contributed by atoms with Crippen LogP contribution in [0.15, 0.2) is 29.2 Å². The molecule has 2 heterocycles. The molecule has 3 rings (SSSR count). The number of sulfonamides is 1. The van der Waals surface area contributed by atoms with Crippen molar-refractivity contribution in [3.05, 3.63) is 34.4 Å². The molecule has 0 amide bonds. The molecule has 2 fully saturated rings. The number of nitro groups is 1. The van der Waals surface area contributed by atoms with Crippen LogP contribution in [0.3, 0.4) is 0 Å². The van der Waals surface area contributed by atoms with E-state index < -0.39 is 14.9 Å². The van der Waals surface area contributed by atoms with E-state index in [-0.39, 0.29) is 16.5 Å². The van der Waals surface area contributed by atoms with E-state index in [0.29, 0.717) is 18.6 Å². The third-order valence-corrected chi connectivity index (χ3v) is 5.96. The molecule has 2 atom stereocenters. The molecule has 22 heavy (non-hydrogen) atoms. The van der Waals surface area contributed by atoms with E-state index in [9.17, 15) is 18.5 Å². The van der Waals surface area contributed by atoms with E-state index in [1.54, 1.807) is 0 Å². The molecular formula is C14H19N3O4S. The van der Waals surface area contributed by atoms with Crippen LogP contribution < -0.4 is 10.0 Å². The Bertz CT molecular complexity index is 664. The van der Waals surface area contributed by atoms with Gasteiger partial charge in [0.2, 0.25) is 10.0 Å². The van der Waals surface area contributed by atoms with Gasteiger partial charge in [-0.25, -0.2) is 13.1 Å². The van der Waals surface area contributed by atoms with Gasteiger partial charge in [0.05, 0.1) is 4.92 Å². The fourth-order valence-corrected chi connectivity index (χ4v) is 4.77. The fourth-order valence-electron chi connectivity index (χ4n) is 3.48. The summed E-state index contributed by atoms with van der Waals surface area (Å²) in [7, 11) is -3.86. The number of hydrogen-bond donors (Lipinski definition) is 2. The largest absolute Gasteiger partial charge is 0.311 e. The molecule has 0 spiro atoms. The SMILES string of the molecule is O=[N+]([O-])c1ccccc1S(=O)(=O)NCC1CC2CCC(C1)N2. The summed E-state index contributed by atoms with van der Waals surface area (Å²) in [4.78, 5) is 10.0. The van der Waals surface area contributed by atoms with Gasteiger partial charge in [0, 0.05) is 24.7 Å². The zero-order valence-electron chi connectivity index (χ0n) is 12.1. The van der Waals surface area contributed by atoms with E-state index in [0.717, 1.165) is 25.7 Å². The lowest BCUT2D eigenvalue weighted by Crippen LogP contribution is -2.42. The summed E-state index contributed by atoms with van der Waals surface area (Å²) < 4.78 is 27.2. The zero-order chi connectivity index (χ0) is 15.7. The van der Waals surface area contributed by atoms with Crippen LogP contribution in [-0.4, -0.2) is 32.0 Å². The predicted octanol–water partition coefficient (Wildman–Crippen LogP) is 1.40. The minimum absolute atomic E-state index is 0.267. The van der Waals surface area contributed by atoms with E-state index >= 15 is 0 Å². The highest BCUT2D eigenvalue weighted by atomic mass is 32.2. The van der Waals surface area contributed by atoms with Gasteiger partial charge in [-0.3, -0.25) is 10.1 Å². The van der Waals surface area contributed by atoms with Crippen molar-refractivity contribution < 1.29 is 13.3 Å². The molecule has 0 radical (unpaired) electrons. The first-order valence-corrected chi connectivity index (χ1v) is 8.93. The Morgan fingerprint density at radius 1 is 1.23 bits per heavy atom. The van der Waals surface area contributed by atoms with Crippen molar-refractivity contribution in [2.45, 2.75) is 42.7 Å². The highest BCUT2D eigenvalue weighted by Crippen LogP contribution is 2.31. The van der Waals surface area contributed by atoms with Gasteiger partial charge in [0.1, 0.15) is 0 Å². The Morgan fingerprint density at radius 2 is 1.86 bits per heavy atom. The number of para-hydroxylation sites is 1. The topological polar surface area (TPSA) is 101 Å². The zero-order valence-corrected chi connectivity index (χ0v) is 12.9. The molecule has 8 heteroatoms. The third kappa shape index (κ3) is 3.13. The second-order valence-corrected chi connectivity index (χ2v) is 7.79. The normalized spacial score (nSPS) is 27.7. The van der Waals surface area contributed by atoms with Crippen molar-refractivity contribution in [2.75, 3.05) is 6.54 Å². The Labute approximate surface area is 129 Å². The number of nitrogens with one attached hydrogen (secondary N) is 2. The smallest absolute Gasteiger partial charge is 0.289 e. The average Bonchev–Trinajstić information content (AvgIpc) is 2.84. The van der Waals surface area contributed by atoms with Gasteiger partial charge >= 0.3 is 0 Å². The van der Waals surface area contributed by atoms with Crippen LogP contribution in [0.5, 0.6) is 0 Å². The summed E-state index contributed by atoms with van der Waals surface area (Å²) in [5.41, 5.74) is -0.389. The number of benzene rings is 1. The van der Waals surface area contributed by atoms with Gasteiger partial charge in [0.25, 0.3) is 5.69 Å². The van der Waals surface area contributed by atoms with Crippen LogP contribution in [0.4, 0.5) is 5.69 Å². The second kappa shape index (κ2) is 5.94. The number of piperidine rings is 1. The number of nitrogens with zero attached hydrogens (tertiary/aromatic N) is 1. The first-order valence-electron chi connectivity index (χ1n) is 7.45. The summed E-state index contributed by atoms with van der Waals surface area (Å²) in [5.74, 6) is 0.288. The maximum absolute atomic E-state index is 12.3. The standard InChI is InChI=1S/C14H19N3O4S/c18-17(19)13-3-1-2-4-14(13)22(20,21)15-9-10-7-11-5-6-12(8-10)16-11/h1-4,10-12,15-16H,5-9H2. The van der Waals surface area contributed by atoms with E-state index in [2.05, 4.69) is 10.0 Å².